The Morgan fingerprint density at radius 2 is 1.34 bits per heavy atom. The highest BCUT2D eigenvalue weighted by atomic mass is 16.5. The lowest BCUT2D eigenvalue weighted by molar-refractivity contribution is -0.145. The first-order chi connectivity index (χ1) is 14.1. The lowest BCUT2D eigenvalue weighted by Crippen LogP contribution is -2.53. The fraction of sp³-hybridized carbons (Fsp3) is 0.667. The number of benzene rings is 1. The topological polar surface area (TPSA) is 49.9 Å². The highest BCUT2D eigenvalue weighted by molar-refractivity contribution is 5.79. The number of carbonyl (C=O) groups excluding carboxylic acids is 2. The molecule has 1 saturated heterocycles. The minimum Gasteiger partial charge on any atom is -0.484 e. The summed E-state index contributed by atoms with van der Waals surface area (Å²) in [6.07, 6.45) is 8.82. The SMILES string of the molecule is O=C(COc1ccccc1)N1CCN(C(=O)CC23CC4CC(CC(C4)C2)C3)CC1. The van der Waals surface area contributed by atoms with Gasteiger partial charge < -0.3 is 14.5 Å². The van der Waals surface area contributed by atoms with Crippen LogP contribution < -0.4 is 4.74 Å². The van der Waals surface area contributed by atoms with Gasteiger partial charge in [0.2, 0.25) is 5.91 Å². The molecular weight excluding hydrogens is 364 g/mol. The Hall–Kier alpha value is -2.04. The molecule has 156 valence electrons. The molecule has 5 nitrogen and oxygen atoms in total. The van der Waals surface area contributed by atoms with Crippen LogP contribution in [0.3, 0.4) is 0 Å². The first-order valence-corrected chi connectivity index (χ1v) is 11.3. The molecule has 0 radical (unpaired) electrons. The lowest BCUT2D eigenvalue weighted by Gasteiger charge is -2.57. The first kappa shape index (κ1) is 19.0. The van der Waals surface area contributed by atoms with Crippen LogP contribution in [0.25, 0.3) is 0 Å². The predicted molar refractivity (Wildman–Crippen MR) is 110 cm³/mol. The number of hydrogen-bond donors (Lipinski definition) is 0. The molecule has 4 saturated carbocycles. The Bertz CT molecular complexity index is 719. The first-order valence-electron chi connectivity index (χ1n) is 11.3. The number of amides is 2. The van der Waals surface area contributed by atoms with Gasteiger partial charge in [0, 0.05) is 32.6 Å². The zero-order chi connectivity index (χ0) is 19.8. The van der Waals surface area contributed by atoms with Gasteiger partial charge in [-0.1, -0.05) is 18.2 Å². The normalized spacial score (nSPS) is 33.0. The monoisotopic (exact) mass is 396 g/mol. The van der Waals surface area contributed by atoms with E-state index < -0.39 is 0 Å². The zero-order valence-corrected chi connectivity index (χ0v) is 17.2. The highest BCUT2D eigenvalue weighted by Gasteiger charge is 2.51. The second-order valence-electron chi connectivity index (χ2n) is 9.96. The van der Waals surface area contributed by atoms with Crippen LogP contribution in [0.15, 0.2) is 30.3 Å². The van der Waals surface area contributed by atoms with Crippen LogP contribution in [-0.2, 0) is 9.59 Å². The molecular formula is C24H32N2O3. The van der Waals surface area contributed by atoms with Gasteiger partial charge in [0.05, 0.1) is 0 Å². The van der Waals surface area contributed by atoms with Gasteiger partial charge in [-0.15, -0.1) is 0 Å². The Kier molecular flexibility index (Phi) is 5.00. The van der Waals surface area contributed by atoms with Crippen molar-refractivity contribution in [2.45, 2.75) is 44.9 Å². The van der Waals surface area contributed by atoms with Gasteiger partial charge in [0.25, 0.3) is 5.91 Å². The van der Waals surface area contributed by atoms with E-state index in [1.165, 1.54) is 38.5 Å². The van der Waals surface area contributed by atoms with Crippen molar-refractivity contribution in [3.8, 4) is 5.75 Å². The molecule has 2 amide bonds. The molecule has 0 atom stereocenters. The van der Waals surface area contributed by atoms with Gasteiger partial charge in [0.15, 0.2) is 6.61 Å². The van der Waals surface area contributed by atoms with Gasteiger partial charge in [-0.05, 0) is 73.8 Å². The van der Waals surface area contributed by atoms with E-state index >= 15 is 0 Å². The minimum absolute atomic E-state index is 0.00189. The van der Waals surface area contributed by atoms with Crippen molar-refractivity contribution in [1.82, 2.24) is 9.80 Å². The summed E-state index contributed by atoms with van der Waals surface area (Å²) in [4.78, 5) is 29.3. The molecule has 1 aromatic rings. The molecule has 4 bridgehead atoms. The van der Waals surface area contributed by atoms with Gasteiger partial charge in [-0.2, -0.15) is 0 Å². The Balaban J connectivity index is 1.10. The number of hydrogen-bond acceptors (Lipinski definition) is 3. The summed E-state index contributed by atoms with van der Waals surface area (Å²) in [6, 6.07) is 9.43. The highest BCUT2D eigenvalue weighted by Crippen LogP contribution is 2.61. The quantitative estimate of drug-likeness (QED) is 0.767. The third-order valence-corrected chi connectivity index (χ3v) is 7.78. The summed E-state index contributed by atoms with van der Waals surface area (Å²) < 4.78 is 5.58. The predicted octanol–water partition coefficient (Wildman–Crippen LogP) is 3.34. The van der Waals surface area contributed by atoms with Crippen LogP contribution in [0.1, 0.15) is 44.9 Å². The maximum absolute atomic E-state index is 13.1. The van der Waals surface area contributed by atoms with Crippen LogP contribution >= 0.6 is 0 Å². The summed E-state index contributed by atoms with van der Waals surface area (Å²) in [5.74, 6) is 3.68. The van der Waals surface area contributed by atoms with Crippen molar-refractivity contribution < 1.29 is 14.3 Å². The van der Waals surface area contributed by atoms with Gasteiger partial charge >= 0.3 is 0 Å². The molecule has 1 heterocycles. The van der Waals surface area contributed by atoms with E-state index in [1.807, 2.05) is 40.1 Å². The van der Waals surface area contributed by atoms with Crippen molar-refractivity contribution in [1.29, 1.82) is 0 Å². The second-order valence-corrected chi connectivity index (χ2v) is 9.96. The van der Waals surface area contributed by atoms with E-state index in [2.05, 4.69) is 0 Å². The van der Waals surface area contributed by atoms with Crippen LogP contribution in [-0.4, -0.2) is 54.4 Å². The fourth-order valence-corrected chi connectivity index (χ4v) is 6.90. The Morgan fingerprint density at radius 3 is 1.90 bits per heavy atom. The van der Waals surface area contributed by atoms with Gasteiger partial charge in [-0.3, -0.25) is 9.59 Å². The van der Waals surface area contributed by atoms with E-state index in [0.717, 1.165) is 24.2 Å². The molecule has 5 aliphatic rings. The molecule has 0 aromatic heterocycles. The zero-order valence-electron chi connectivity index (χ0n) is 17.2. The maximum atomic E-state index is 13.1. The summed E-state index contributed by atoms with van der Waals surface area (Å²) in [6.45, 7) is 2.60. The molecule has 1 aromatic carbocycles. The minimum atomic E-state index is 0.00189. The third kappa shape index (κ3) is 4.01. The molecule has 0 N–H and O–H groups in total. The molecule has 4 aliphatic carbocycles. The average molecular weight is 397 g/mol. The summed E-state index contributed by atoms with van der Waals surface area (Å²) in [5, 5.41) is 0. The summed E-state index contributed by atoms with van der Waals surface area (Å²) in [5.41, 5.74) is 0.294. The summed E-state index contributed by atoms with van der Waals surface area (Å²) >= 11 is 0. The van der Waals surface area contributed by atoms with Crippen molar-refractivity contribution in [3.63, 3.8) is 0 Å². The molecule has 5 fully saturated rings. The van der Waals surface area contributed by atoms with E-state index in [4.69, 9.17) is 4.74 Å². The number of carbonyl (C=O) groups is 2. The largest absolute Gasteiger partial charge is 0.484 e. The second kappa shape index (κ2) is 7.66. The Labute approximate surface area is 173 Å². The van der Waals surface area contributed by atoms with Crippen LogP contribution in [0.4, 0.5) is 0 Å². The van der Waals surface area contributed by atoms with Gasteiger partial charge in [-0.25, -0.2) is 0 Å². The Morgan fingerprint density at radius 1 is 0.828 bits per heavy atom. The third-order valence-electron chi connectivity index (χ3n) is 7.78. The maximum Gasteiger partial charge on any atom is 0.260 e. The number of piperazine rings is 1. The van der Waals surface area contributed by atoms with Crippen molar-refractivity contribution in [2.75, 3.05) is 32.8 Å². The van der Waals surface area contributed by atoms with E-state index in [0.29, 0.717) is 43.3 Å². The van der Waals surface area contributed by atoms with Crippen LogP contribution in [0.5, 0.6) is 5.75 Å². The van der Waals surface area contributed by atoms with Crippen molar-refractivity contribution >= 4 is 11.8 Å². The summed E-state index contributed by atoms with van der Waals surface area (Å²) in [7, 11) is 0. The average Bonchev–Trinajstić information content (AvgIpc) is 2.71. The molecule has 1 aliphatic heterocycles. The standard InChI is InChI=1S/C24H32N2O3/c27-22(16-24-13-18-10-19(14-24)12-20(11-18)15-24)25-6-8-26(9-7-25)23(28)17-29-21-4-2-1-3-5-21/h1-5,18-20H,6-17H2. The van der Waals surface area contributed by atoms with Gasteiger partial charge in [0.1, 0.15) is 5.75 Å². The molecule has 29 heavy (non-hydrogen) atoms. The van der Waals surface area contributed by atoms with Crippen LogP contribution in [0, 0.1) is 23.2 Å². The van der Waals surface area contributed by atoms with Crippen LogP contribution in [0.2, 0.25) is 0 Å². The smallest absolute Gasteiger partial charge is 0.260 e. The molecule has 6 rings (SSSR count). The lowest BCUT2D eigenvalue weighted by atomic mass is 9.49. The van der Waals surface area contributed by atoms with E-state index in [1.54, 1.807) is 0 Å². The molecule has 5 heteroatoms. The number of nitrogens with zero attached hydrogens (tertiary/aromatic N) is 2. The van der Waals surface area contributed by atoms with E-state index in [-0.39, 0.29) is 12.5 Å². The van der Waals surface area contributed by atoms with Crippen molar-refractivity contribution in [2.24, 2.45) is 23.2 Å². The van der Waals surface area contributed by atoms with Crippen molar-refractivity contribution in [3.05, 3.63) is 30.3 Å². The molecule has 0 unspecified atom stereocenters. The van der Waals surface area contributed by atoms with E-state index in [9.17, 15) is 9.59 Å². The number of rotatable bonds is 5. The molecule has 0 spiro atoms. The fourth-order valence-electron chi connectivity index (χ4n) is 6.90. The number of para-hydroxylation sites is 1. The number of ether oxygens (including phenoxy) is 1.